The first-order chi connectivity index (χ1) is 15.5. The molecule has 0 spiro atoms. The van der Waals surface area contributed by atoms with Crippen LogP contribution < -0.4 is 9.47 Å². The number of hydrogen-bond donors (Lipinski definition) is 0. The molecule has 1 aromatic carbocycles. The molecule has 0 aliphatic carbocycles. The molecule has 1 heterocycles. The number of ketones is 1. The predicted molar refractivity (Wildman–Crippen MR) is 120 cm³/mol. The smallest absolute Gasteiger partial charge is 0.309 e. The average molecular weight is 460 g/mol. The molecule has 0 saturated heterocycles. The summed E-state index contributed by atoms with van der Waals surface area (Å²) in [5.74, 6) is -2.67. The van der Waals surface area contributed by atoms with Gasteiger partial charge in [-0.2, -0.15) is 0 Å². The van der Waals surface area contributed by atoms with Gasteiger partial charge in [0.25, 0.3) is 0 Å². The summed E-state index contributed by atoms with van der Waals surface area (Å²) in [7, 11) is 1.38. The Kier molecular flexibility index (Phi) is 9.08. The third-order valence-electron chi connectivity index (χ3n) is 5.27. The summed E-state index contributed by atoms with van der Waals surface area (Å²) in [4.78, 5) is 41.1. The van der Waals surface area contributed by atoms with Crippen molar-refractivity contribution in [2.45, 2.75) is 53.1 Å². The van der Waals surface area contributed by atoms with Gasteiger partial charge in [-0.1, -0.05) is 32.9 Å². The number of halogens is 1. The number of hydrogen-bond acceptors (Lipinski definition) is 7. The molecule has 0 saturated carbocycles. The zero-order valence-electron chi connectivity index (χ0n) is 19.8. The van der Waals surface area contributed by atoms with Crippen molar-refractivity contribution in [2.24, 2.45) is 11.8 Å². The lowest BCUT2D eigenvalue weighted by Crippen LogP contribution is -2.29. The highest BCUT2D eigenvalue weighted by Gasteiger charge is 2.30. The maximum atomic E-state index is 13.3. The van der Waals surface area contributed by atoms with E-state index in [4.69, 9.17) is 14.2 Å². The highest BCUT2D eigenvalue weighted by atomic mass is 19.1. The Morgan fingerprint density at radius 1 is 1.03 bits per heavy atom. The normalized spacial score (nSPS) is 13.7. The van der Waals surface area contributed by atoms with Crippen molar-refractivity contribution in [1.29, 1.82) is 0 Å². The molecular formula is C25H30FNO6. The molecule has 0 N–H and O–H groups in total. The third-order valence-corrected chi connectivity index (χ3v) is 5.27. The molecule has 0 amide bonds. The van der Waals surface area contributed by atoms with E-state index in [0.29, 0.717) is 0 Å². The fourth-order valence-corrected chi connectivity index (χ4v) is 3.75. The van der Waals surface area contributed by atoms with Crippen LogP contribution in [0.3, 0.4) is 0 Å². The molecular weight excluding hydrogens is 429 g/mol. The summed E-state index contributed by atoms with van der Waals surface area (Å²) in [5.41, 5.74) is 0.769. The van der Waals surface area contributed by atoms with E-state index in [2.05, 4.69) is 4.98 Å². The van der Waals surface area contributed by atoms with Crippen LogP contribution in [0, 0.1) is 17.7 Å². The van der Waals surface area contributed by atoms with E-state index in [0.717, 1.165) is 5.56 Å². The van der Waals surface area contributed by atoms with E-state index >= 15 is 0 Å². The number of ether oxygens (including phenoxy) is 3. The summed E-state index contributed by atoms with van der Waals surface area (Å²) < 4.78 is 29.3. The molecule has 0 bridgehead atoms. The van der Waals surface area contributed by atoms with Crippen LogP contribution in [0.5, 0.6) is 11.5 Å². The molecule has 8 heteroatoms. The van der Waals surface area contributed by atoms with Gasteiger partial charge in [-0.15, -0.1) is 0 Å². The zero-order valence-corrected chi connectivity index (χ0v) is 19.8. The standard InChI is InChI=1S/C25H30FNO6/c1-14(2)22(18-7-9-19(26)10-8-18)16(4)32-25(30)15(3)13-20(29)23-24(33-17(5)28)21(31-6)11-12-27-23/h7-12,14-16,22H,13H2,1-6H3/t15-,16?,22?/m1/s1. The highest BCUT2D eigenvalue weighted by Crippen LogP contribution is 2.32. The first kappa shape index (κ1) is 26.0. The van der Waals surface area contributed by atoms with Crippen LogP contribution in [-0.4, -0.2) is 35.9 Å². The van der Waals surface area contributed by atoms with Gasteiger partial charge >= 0.3 is 11.9 Å². The van der Waals surface area contributed by atoms with Gasteiger partial charge in [0.1, 0.15) is 11.9 Å². The number of nitrogens with zero attached hydrogens (tertiary/aromatic N) is 1. The first-order valence-electron chi connectivity index (χ1n) is 10.8. The Labute approximate surface area is 193 Å². The summed E-state index contributed by atoms with van der Waals surface area (Å²) in [6.07, 6.45) is 0.676. The SMILES string of the molecule is COc1ccnc(C(=O)C[C@@H](C)C(=O)OC(C)C(c2ccc(F)cc2)C(C)C)c1OC(C)=O. The number of carbonyl (C=O) groups is 3. The van der Waals surface area contributed by atoms with Crippen LogP contribution in [0.15, 0.2) is 36.5 Å². The minimum absolute atomic E-state index is 0.0809. The molecule has 2 unspecified atom stereocenters. The lowest BCUT2D eigenvalue weighted by atomic mass is 9.84. The Hall–Kier alpha value is -3.29. The van der Waals surface area contributed by atoms with Crippen LogP contribution in [0.25, 0.3) is 0 Å². The fourth-order valence-electron chi connectivity index (χ4n) is 3.75. The van der Waals surface area contributed by atoms with Crippen molar-refractivity contribution in [3.8, 4) is 11.5 Å². The maximum Gasteiger partial charge on any atom is 0.309 e. The maximum absolute atomic E-state index is 13.3. The fraction of sp³-hybridized carbons (Fsp3) is 0.440. The number of Topliss-reactive ketones (excluding diaryl/α,β-unsaturated/α-hetero) is 1. The first-order valence-corrected chi connectivity index (χ1v) is 10.8. The molecule has 178 valence electrons. The van der Waals surface area contributed by atoms with Crippen LogP contribution in [0.4, 0.5) is 4.39 Å². The Morgan fingerprint density at radius 2 is 1.67 bits per heavy atom. The largest absolute Gasteiger partial charge is 0.493 e. The lowest BCUT2D eigenvalue weighted by Gasteiger charge is -2.28. The summed E-state index contributed by atoms with van der Waals surface area (Å²) >= 11 is 0. The predicted octanol–water partition coefficient (Wildman–Crippen LogP) is 4.74. The van der Waals surface area contributed by atoms with E-state index in [9.17, 15) is 18.8 Å². The number of pyridine rings is 1. The lowest BCUT2D eigenvalue weighted by molar-refractivity contribution is -0.154. The summed E-state index contributed by atoms with van der Waals surface area (Å²) in [5, 5.41) is 0. The number of methoxy groups -OCH3 is 1. The van der Waals surface area contributed by atoms with Crippen LogP contribution in [0.2, 0.25) is 0 Å². The molecule has 0 aliphatic heterocycles. The van der Waals surface area contributed by atoms with E-state index < -0.39 is 29.7 Å². The third kappa shape index (κ3) is 6.84. The van der Waals surface area contributed by atoms with Crippen molar-refractivity contribution >= 4 is 17.7 Å². The monoisotopic (exact) mass is 459 g/mol. The second-order valence-electron chi connectivity index (χ2n) is 8.28. The summed E-state index contributed by atoms with van der Waals surface area (Å²) in [6.45, 7) is 8.56. The molecule has 2 rings (SSSR count). The summed E-state index contributed by atoms with van der Waals surface area (Å²) in [6, 6.07) is 7.59. The van der Waals surface area contributed by atoms with Gasteiger partial charge in [-0.3, -0.25) is 14.4 Å². The Balaban J connectivity index is 2.13. The Morgan fingerprint density at radius 3 is 2.21 bits per heavy atom. The topological polar surface area (TPSA) is 91.8 Å². The van der Waals surface area contributed by atoms with Gasteiger partial charge < -0.3 is 14.2 Å². The van der Waals surface area contributed by atoms with E-state index in [1.54, 1.807) is 26.0 Å². The van der Waals surface area contributed by atoms with Gasteiger partial charge in [0, 0.05) is 31.5 Å². The number of rotatable bonds is 10. The number of aromatic nitrogens is 1. The van der Waals surface area contributed by atoms with E-state index in [-0.39, 0.29) is 41.3 Å². The number of esters is 2. The molecule has 0 fully saturated rings. The van der Waals surface area contributed by atoms with Crippen molar-refractivity contribution in [2.75, 3.05) is 7.11 Å². The van der Waals surface area contributed by atoms with Gasteiger partial charge in [0.05, 0.1) is 13.0 Å². The van der Waals surface area contributed by atoms with Crippen LogP contribution in [-0.2, 0) is 14.3 Å². The number of benzene rings is 1. The molecule has 2 aromatic rings. The van der Waals surface area contributed by atoms with Crippen molar-refractivity contribution in [3.63, 3.8) is 0 Å². The van der Waals surface area contributed by atoms with Crippen LogP contribution in [0.1, 0.15) is 63.0 Å². The van der Waals surface area contributed by atoms with E-state index in [1.807, 2.05) is 13.8 Å². The zero-order chi connectivity index (χ0) is 24.7. The molecule has 1 aromatic heterocycles. The van der Waals surface area contributed by atoms with E-state index in [1.165, 1.54) is 38.4 Å². The second-order valence-corrected chi connectivity index (χ2v) is 8.28. The minimum Gasteiger partial charge on any atom is -0.493 e. The molecule has 3 atom stereocenters. The van der Waals surface area contributed by atoms with Crippen molar-refractivity contribution in [1.82, 2.24) is 4.98 Å². The Bertz CT molecular complexity index is 989. The highest BCUT2D eigenvalue weighted by molar-refractivity contribution is 5.99. The van der Waals surface area contributed by atoms with Gasteiger partial charge in [0.15, 0.2) is 17.2 Å². The number of carbonyl (C=O) groups excluding carboxylic acids is 3. The molecule has 33 heavy (non-hydrogen) atoms. The van der Waals surface area contributed by atoms with Crippen molar-refractivity contribution < 1.29 is 33.0 Å². The van der Waals surface area contributed by atoms with Gasteiger partial charge in [-0.05, 0) is 30.5 Å². The van der Waals surface area contributed by atoms with Crippen molar-refractivity contribution in [3.05, 3.63) is 53.6 Å². The molecule has 0 radical (unpaired) electrons. The van der Waals surface area contributed by atoms with Gasteiger partial charge in [0.2, 0.25) is 5.75 Å². The quantitative estimate of drug-likeness (QED) is 0.374. The molecule has 7 nitrogen and oxygen atoms in total. The minimum atomic E-state index is -0.765. The second kappa shape index (κ2) is 11.5. The van der Waals surface area contributed by atoms with Crippen LogP contribution >= 0.6 is 0 Å². The average Bonchev–Trinajstić information content (AvgIpc) is 2.74. The molecule has 0 aliphatic rings. The van der Waals surface area contributed by atoms with Gasteiger partial charge in [-0.25, -0.2) is 9.37 Å².